The normalized spacial score (nSPS) is 28.0. The van der Waals surface area contributed by atoms with Crippen molar-refractivity contribution in [1.29, 1.82) is 0 Å². The van der Waals surface area contributed by atoms with Crippen LogP contribution in [-0.2, 0) is 9.59 Å². The lowest BCUT2D eigenvalue weighted by molar-refractivity contribution is -0.123. The van der Waals surface area contributed by atoms with Gasteiger partial charge in [-0.1, -0.05) is 6.92 Å². The number of carboxylic acid groups (broad SMARTS) is 1. The molecule has 1 heterocycles. The van der Waals surface area contributed by atoms with Crippen LogP contribution in [0.2, 0.25) is 0 Å². The summed E-state index contributed by atoms with van der Waals surface area (Å²) in [5, 5.41) is 18.6. The lowest BCUT2D eigenvalue weighted by Gasteiger charge is -2.17. The van der Waals surface area contributed by atoms with Gasteiger partial charge in [0.15, 0.2) is 0 Å². The van der Waals surface area contributed by atoms with Crippen LogP contribution in [0.15, 0.2) is 18.2 Å². The number of benzene rings is 1. The van der Waals surface area contributed by atoms with Gasteiger partial charge in [-0.25, -0.2) is 9.69 Å². The minimum atomic E-state index is -1.26. The van der Waals surface area contributed by atoms with Crippen LogP contribution < -0.4 is 4.90 Å². The third-order valence-electron chi connectivity index (χ3n) is 4.34. The number of fused-ring (bicyclic) bond motifs is 1. The number of nitrogens with zero attached hydrogens (tertiary/aromatic N) is 1. The predicted octanol–water partition coefficient (Wildman–Crippen LogP) is 1.63. The van der Waals surface area contributed by atoms with Crippen molar-refractivity contribution in [2.24, 2.45) is 17.8 Å². The van der Waals surface area contributed by atoms with Gasteiger partial charge in [-0.2, -0.15) is 0 Å². The Bertz CT molecular complexity index is 629. The fourth-order valence-corrected chi connectivity index (χ4v) is 3.37. The molecule has 110 valence electrons. The fraction of sp³-hybridized carbons (Fsp3) is 0.400. The number of carbonyl (C=O) groups is 3. The standard InChI is InChI=1S/C15H15NO5/c1-7-4-10-11(5-7)14(19)16(13(10)18)8-2-3-9(15(20)21)12(17)6-8/h2-3,6-7,10-11,17H,4-5H2,1H3,(H,20,21). The highest BCUT2D eigenvalue weighted by Gasteiger charge is 2.52. The molecule has 2 unspecified atom stereocenters. The van der Waals surface area contributed by atoms with E-state index in [1.165, 1.54) is 12.1 Å². The Labute approximate surface area is 121 Å². The maximum absolute atomic E-state index is 12.4. The summed E-state index contributed by atoms with van der Waals surface area (Å²) in [4.78, 5) is 36.7. The Kier molecular flexibility index (Phi) is 2.97. The van der Waals surface area contributed by atoms with Gasteiger partial charge in [0.2, 0.25) is 11.8 Å². The van der Waals surface area contributed by atoms with E-state index in [4.69, 9.17) is 5.11 Å². The van der Waals surface area contributed by atoms with Crippen LogP contribution in [0.1, 0.15) is 30.1 Å². The van der Waals surface area contributed by atoms with E-state index in [0.29, 0.717) is 18.8 Å². The number of aromatic hydroxyl groups is 1. The molecule has 1 saturated carbocycles. The van der Waals surface area contributed by atoms with Crippen LogP contribution >= 0.6 is 0 Å². The van der Waals surface area contributed by atoms with E-state index in [0.717, 1.165) is 11.0 Å². The van der Waals surface area contributed by atoms with Crippen molar-refractivity contribution in [3.05, 3.63) is 23.8 Å². The quantitative estimate of drug-likeness (QED) is 0.807. The molecule has 6 nitrogen and oxygen atoms in total. The lowest BCUT2D eigenvalue weighted by atomic mass is 10.00. The zero-order valence-corrected chi connectivity index (χ0v) is 11.4. The van der Waals surface area contributed by atoms with Crippen LogP contribution in [0.3, 0.4) is 0 Å². The SMILES string of the molecule is CC1CC2C(=O)N(c3ccc(C(=O)O)c(O)c3)C(=O)C2C1. The van der Waals surface area contributed by atoms with Crippen molar-refractivity contribution in [3.63, 3.8) is 0 Å². The largest absolute Gasteiger partial charge is 0.507 e. The number of hydrogen-bond acceptors (Lipinski definition) is 4. The lowest BCUT2D eigenvalue weighted by Crippen LogP contribution is -2.32. The number of anilines is 1. The topological polar surface area (TPSA) is 94.9 Å². The molecule has 0 bridgehead atoms. The van der Waals surface area contributed by atoms with Crippen LogP contribution in [0.25, 0.3) is 0 Å². The van der Waals surface area contributed by atoms with Gasteiger partial charge in [-0.05, 0) is 30.9 Å². The Hall–Kier alpha value is -2.37. The molecule has 1 aromatic carbocycles. The number of phenols is 1. The van der Waals surface area contributed by atoms with Gasteiger partial charge in [0.05, 0.1) is 17.5 Å². The molecule has 2 aliphatic rings. The van der Waals surface area contributed by atoms with Crippen molar-refractivity contribution >= 4 is 23.5 Å². The summed E-state index contributed by atoms with van der Waals surface area (Å²) < 4.78 is 0. The van der Waals surface area contributed by atoms with Gasteiger partial charge in [-0.3, -0.25) is 9.59 Å². The first-order chi connectivity index (χ1) is 9.90. The molecule has 1 aliphatic heterocycles. The second-order valence-corrected chi connectivity index (χ2v) is 5.81. The van der Waals surface area contributed by atoms with Crippen molar-refractivity contribution in [1.82, 2.24) is 0 Å². The Morgan fingerprint density at radius 2 is 1.76 bits per heavy atom. The zero-order valence-electron chi connectivity index (χ0n) is 11.4. The fourth-order valence-electron chi connectivity index (χ4n) is 3.37. The van der Waals surface area contributed by atoms with Crippen molar-refractivity contribution in [3.8, 4) is 5.75 Å². The number of carbonyl (C=O) groups excluding carboxylic acids is 2. The van der Waals surface area contributed by atoms with Crippen LogP contribution in [-0.4, -0.2) is 28.0 Å². The Morgan fingerprint density at radius 1 is 1.19 bits per heavy atom. The second kappa shape index (κ2) is 4.58. The summed E-state index contributed by atoms with van der Waals surface area (Å²) in [6, 6.07) is 3.73. The van der Waals surface area contributed by atoms with Gasteiger partial charge < -0.3 is 10.2 Å². The number of imide groups is 1. The maximum Gasteiger partial charge on any atom is 0.339 e. The monoisotopic (exact) mass is 289 g/mol. The predicted molar refractivity (Wildman–Crippen MR) is 72.9 cm³/mol. The van der Waals surface area contributed by atoms with Crippen molar-refractivity contribution in [2.75, 3.05) is 4.90 Å². The third kappa shape index (κ3) is 1.98. The molecule has 1 aliphatic carbocycles. The van der Waals surface area contributed by atoms with Crippen LogP contribution in [0.5, 0.6) is 5.75 Å². The molecule has 2 fully saturated rings. The number of carboxylic acids is 1. The molecule has 0 radical (unpaired) electrons. The van der Waals surface area contributed by atoms with Crippen LogP contribution in [0.4, 0.5) is 5.69 Å². The highest BCUT2D eigenvalue weighted by Crippen LogP contribution is 2.44. The van der Waals surface area contributed by atoms with E-state index in [2.05, 4.69) is 0 Å². The maximum atomic E-state index is 12.4. The van der Waals surface area contributed by atoms with Crippen molar-refractivity contribution < 1.29 is 24.6 Å². The molecular weight excluding hydrogens is 274 g/mol. The summed E-state index contributed by atoms with van der Waals surface area (Å²) in [7, 11) is 0. The first-order valence-corrected chi connectivity index (χ1v) is 6.84. The molecule has 2 amide bonds. The summed E-state index contributed by atoms with van der Waals surface area (Å²) >= 11 is 0. The van der Waals surface area contributed by atoms with E-state index in [9.17, 15) is 19.5 Å². The second-order valence-electron chi connectivity index (χ2n) is 5.81. The summed E-state index contributed by atoms with van der Waals surface area (Å²) in [5.41, 5.74) is -0.0267. The average molecular weight is 289 g/mol. The highest BCUT2D eigenvalue weighted by atomic mass is 16.4. The van der Waals surface area contributed by atoms with Gasteiger partial charge >= 0.3 is 5.97 Å². The molecule has 0 aromatic heterocycles. The average Bonchev–Trinajstić information content (AvgIpc) is 2.89. The zero-order chi connectivity index (χ0) is 15.3. The first kappa shape index (κ1) is 13.6. The molecule has 2 N–H and O–H groups in total. The molecule has 6 heteroatoms. The van der Waals surface area contributed by atoms with E-state index >= 15 is 0 Å². The molecule has 0 spiro atoms. The number of rotatable bonds is 2. The molecule has 3 rings (SSSR count). The Balaban J connectivity index is 1.95. The number of amides is 2. The minimum Gasteiger partial charge on any atom is -0.507 e. The summed E-state index contributed by atoms with van der Waals surface area (Å²) in [5.74, 6) is -2.43. The molecule has 2 atom stereocenters. The molecule has 1 aromatic rings. The summed E-state index contributed by atoms with van der Waals surface area (Å²) in [6.45, 7) is 2.02. The minimum absolute atomic E-state index is 0.231. The van der Waals surface area contributed by atoms with Crippen molar-refractivity contribution in [2.45, 2.75) is 19.8 Å². The first-order valence-electron chi connectivity index (χ1n) is 6.84. The van der Waals surface area contributed by atoms with Gasteiger partial charge in [0.1, 0.15) is 11.3 Å². The number of hydrogen-bond donors (Lipinski definition) is 2. The van der Waals surface area contributed by atoms with Gasteiger partial charge in [-0.15, -0.1) is 0 Å². The summed E-state index contributed by atoms with van der Waals surface area (Å²) in [6.07, 6.45) is 1.40. The molecule has 21 heavy (non-hydrogen) atoms. The molecular formula is C15H15NO5. The van der Waals surface area contributed by atoms with Gasteiger partial charge in [0.25, 0.3) is 0 Å². The molecule has 1 saturated heterocycles. The van der Waals surface area contributed by atoms with E-state index < -0.39 is 11.7 Å². The van der Waals surface area contributed by atoms with E-state index in [1.807, 2.05) is 6.92 Å². The van der Waals surface area contributed by atoms with Crippen LogP contribution in [0, 0.1) is 17.8 Å². The van der Waals surface area contributed by atoms with Gasteiger partial charge in [0, 0.05) is 6.07 Å². The number of aromatic carboxylic acids is 1. The highest BCUT2D eigenvalue weighted by molar-refractivity contribution is 6.22. The smallest absolute Gasteiger partial charge is 0.339 e. The van der Waals surface area contributed by atoms with E-state index in [1.54, 1.807) is 0 Å². The third-order valence-corrected chi connectivity index (χ3v) is 4.34. The Morgan fingerprint density at radius 3 is 2.24 bits per heavy atom. The van der Waals surface area contributed by atoms with E-state index in [-0.39, 0.29) is 34.9 Å².